The molecule has 214 valence electrons. The lowest BCUT2D eigenvalue weighted by atomic mass is 9.88. The van der Waals surface area contributed by atoms with E-state index in [2.05, 4.69) is 35.8 Å². The molecule has 0 radical (unpaired) electrons. The van der Waals surface area contributed by atoms with Gasteiger partial charge in [-0.3, -0.25) is 9.59 Å². The van der Waals surface area contributed by atoms with Crippen molar-refractivity contribution in [1.82, 2.24) is 24.0 Å². The van der Waals surface area contributed by atoms with Gasteiger partial charge in [-0.2, -0.15) is 5.10 Å². The Morgan fingerprint density at radius 3 is 2.54 bits per heavy atom. The van der Waals surface area contributed by atoms with Gasteiger partial charge in [0.25, 0.3) is 5.91 Å². The number of pyridine rings is 1. The smallest absolute Gasteiger partial charge is 0.255 e. The van der Waals surface area contributed by atoms with E-state index in [0.29, 0.717) is 23.9 Å². The minimum absolute atomic E-state index is 0.0278. The Labute approximate surface area is 241 Å². The molecule has 1 aromatic carbocycles. The molecule has 2 N–H and O–H groups in total. The Bertz CT molecular complexity index is 1640. The third kappa shape index (κ3) is 4.82. The molecule has 2 aliphatic heterocycles. The number of rotatable bonds is 5. The third-order valence-electron chi connectivity index (χ3n) is 9.58. The molecular formula is C33H40N6O2. The fourth-order valence-corrected chi connectivity index (χ4v) is 7.05. The maximum atomic E-state index is 13.3. The molecule has 2 saturated heterocycles. The van der Waals surface area contributed by atoms with Crippen LogP contribution in [0.3, 0.4) is 0 Å². The first-order valence-electron chi connectivity index (χ1n) is 15.3. The Kier molecular flexibility index (Phi) is 6.61. The Morgan fingerprint density at radius 1 is 1.00 bits per heavy atom. The van der Waals surface area contributed by atoms with E-state index in [4.69, 9.17) is 10.8 Å². The zero-order valence-corrected chi connectivity index (χ0v) is 24.2. The van der Waals surface area contributed by atoms with E-state index in [9.17, 15) is 9.59 Å². The molecule has 4 aromatic rings. The van der Waals surface area contributed by atoms with Gasteiger partial charge >= 0.3 is 0 Å². The van der Waals surface area contributed by atoms with Crippen molar-refractivity contribution in [2.24, 2.45) is 11.7 Å². The van der Waals surface area contributed by atoms with Crippen LogP contribution >= 0.6 is 0 Å². The summed E-state index contributed by atoms with van der Waals surface area (Å²) >= 11 is 0. The summed E-state index contributed by atoms with van der Waals surface area (Å²) in [4.78, 5) is 29.1. The summed E-state index contributed by atoms with van der Waals surface area (Å²) in [5, 5.41) is 6.35. The van der Waals surface area contributed by atoms with Crippen molar-refractivity contribution in [1.29, 1.82) is 0 Å². The zero-order chi connectivity index (χ0) is 28.2. The topological polar surface area (TPSA) is 88.9 Å². The molecule has 1 aliphatic carbocycles. The van der Waals surface area contributed by atoms with Gasteiger partial charge in [0, 0.05) is 62.8 Å². The first-order valence-corrected chi connectivity index (χ1v) is 15.3. The van der Waals surface area contributed by atoms with Crippen molar-refractivity contribution < 1.29 is 9.59 Å². The highest BCUT2D eigenvalue weighted by atomic mass is 16.2. The largest absolute Gasteiger partial charge is 0.343 e. The first-order chi connectivity index (χ1) is 19.9. The number of carbonyl (C=O) groups is 2. The number of aryl methyl sites for hydroxylation is 1. The van der Waals surface area contributed by atoms with Gasteiger partial charge < -0.3 is 20.1 Å². The minimum Gasteiger partial charge on any atom is -0.343 e. The van der Waals surface area contributed by atoms with Gasteiger partial charge in [0.1, 0.15) is 5.69 Å². The molecule has 7 rings (SSSR count). The number of benzene rings is 1. The van der Waals surface area contributed by atoms with E-state index in [1.165, 1.54) is 29.3 Å². The lowest BCUT2D eigenvalue weighted by Crippen LogP contribution is -2.45. The number of hydrogen-bond acceptors (Lipinski definition) is 4. The normalized spacial score (nSPS) is 20.3. The van der Waals surface area contributed by atoms with Crippen molar-refractivity contribution in [2.45, 2.75) is 70.9 Å². The number of piperidine rings is 2. The number of hydrogen-bond donors (Lipinski definition) is 1. The van der Waals surface area contributed by atoms with Gasteiger partial charge in [-0.15, -0.1) is 0 Å². The van der Waals surface area contributed by atoms with Gasteiger partial charge in [-0.1, -0.05) is 18.2 Å². The zero-order valence-electron chi connectivity index (χ0n) is 24.2. The van der Waals surface area contributed by atoms with Gasteiger partial charge in [-0.25, -0.2) is 4.52 Å². The number of nitrogens with zero attached hydrogens (tertiary/aromatic N) is 5. The van der Waals surface area contributed by atoms with E-state index in [0.717, 1.165) is 74.3 Å². The average Bonchev–Trinajstić information content (AvgIpc) is 3.65. The van der Waals surface area contributed by atoms with Crippen LogP contribution < -0.4 is 5.73 Å². The van der Waals surface area contributed by atoms with Crippen molar-refractivity contribution in [2.75, 3.05) is 26.2 Å². The number of aromatic nitrogens is 3. The van der Waals surface area contributed by atoms with Crippen LogP contribution in [0.4, 0.5) is 0 Å². The number of carbonyl (C=O) groups excluding carboxylic acids is 2. The summed E-state index contributed by atoms with van der Waals surface area (Å²) in [6, 6.07) is 13.0. The highest BCUT2D eigenvalue weighted by molar-refractivity contribution is 5.95. The van der Waals surface area contributed by atoms with Crippen LogP contribution in [0, 0.1) is 12.8 Å². The van der Waals surface area contributed by atoms with Gasteiger partial charge in [0.2, 0.25) is 5.91 Å². The molecule has 8 nitrogen and oxygen atoms in total. The highest BCUT2D eigenvalue weighted by Gasteiger charge is 2.29. The summed E-state index contributed by atoms with van der Waals surface area (Å²) < 4.78 is 4.41. The molecule has 3 aliphatic rings. The first kappa shape index (κ1) is 26.3. The quantitative estimate of drug-likeness (QED) is 0.379. The fraction of sp³-hybridized carbons (Fsp3) is 0.485. The number of nitrogens with two attached hydrogens (primary N) is 1. The molecule has 0 bridgehead atoms. The number of fused-ring (bicyclic) bond motifs is 2. The molecule has 0 spiro atoms. The minimum atomic E-state index is 0.0278. The molecule has 3 fully saturated rings. The van der Waals surface area contributed by atoms with Crippen LogP contribution in [0.2, 0.25) is 0 Å². The lowest BCUT2D eigenvalue weighted by molar-refractivity contribution is -0.129. The van der Waals surface area contributed by atoms with E-state index < -0.39 is 0 Å². The molecule has 3 aromatic heterocycles. The molecule has 1 saturated carbocycles. The average molecular weight is 553 g/mol. The summed E-state index contributed by atoms with van der Waals surface area (Å²) in [6.45, 7) is 7.82. The lowest BCUT2D eigenvalue weighted by Gasteiger charge is -2.32. The van der Waals surface area contributed by atoms with E-state index in [1.807, 2.05) is 32.6 Å². The monoisotopic (exact) mass is 552 g/mol. The van der Waals surface area contributed by atoms with Crippen LogP contribution in [-0.2, 0) is 11.3 Å². The second-order valence-electron chi connectivity index (χ2n) is 12.5. The number of para-hydroxylation sites is 1. The van der Waals surface area contributed by atoms with E-state index in [1.54, 1.807) is 6.92 Å². The summed E-state index contributed by atoms with van der Waals surface area (Å²) in [6.07, 6.45) is 8.34. The second-order valence-corrected chi connectivity index (χ2v) is 12.5. The van der Waals surface area contributed by atoms with Crippen molar-refractivity contribution in [3.05, 3.63) is 59.3 Å². The van der Waals surface area contributed by atoms with Gasteiger partial charge in [0.15, 0.2) is 0 Å². The molecule has 1 unspecified atom stereocenters. The summed E-state index contributed by atoms with van der Waals surface area (Å²) in [7, 11) is 0. The summed E-state index contributed by atoms with van der Waals surface area (Å²) in [5.74, 6) is 1.34. The van der Waals surface area contributed by atoms with Gasteiger partial charge in [-0.05, 0) is 81.0 Å². The van der Waals surface area contributed by atoms with Crippen LogP contribution in [0.25, 0.3) is 27.8 Å². The molecule has 41 heavy (non-hydrogen) atoms. The molecule has 1 atom stereocenters. The predicted molar refractivity (Wildman–Crippen MR) is 161 cm³/mol. The molecule has 2 amide bonds. The Balaban J connectivity index is 1.28. The van der Waals surface area contributed by atoms with Crippen LogP contribution in [0.15, 0.2) is 42.6 Å². The maximum Gasteiger partial charge on any atom is 0.255 e. The van der Waals surface area contributed by atoms with Crippen LogP contribution in [-0.4, -0.2) is 68.0 Å². The highest BCUT2D eigenvalue weighted by Crippen LogP contribution is 2.41. The number of likely N-dealkylation sites (tertiary alicyclic amines) is 2. The van der Waals surface area contributed by atoms with Crippen LogP contribution in [0.5, 0.6) is 0 Å². The molecular weight excluding hydrogens is 512 g/mol. The van der Waals surface area contributed by atoms with Gasteiger partial charge in [0.05, 0.1) is 22.3 Å². The second kappa shape index (κ2) is 10.3. The standard InChI is InChI=1S/C33H40N6O2/c1-21-29-11-10-26(33(41)37-14-4-6-27(34)20-37)19-39(29)35-31(21)30-17-25-5-3-7-28(32(25)38(30)18-23-8-9-23)24-12-15-36(16-13-24)22(2)40/h3,5,7,10-11,17,19,23-24,27H,4,6,8-9,12-16,18,20,34H2,1-2H3. The molecule has 8 heteroatoms. The Hall–Kier alpha value is -3.65. The molecule has 5 heterocycles. The Morgan fingerprint density at radius 2 is 1.80 bits per heavy atom. The van der Waals surface area contributed by atoms with Crippen molar-refractivity contribution >= 4 is 28.2 Å². The van der Waals surface area contributed by atoms with Crippen LogP contribution in [0.1, 0.15) is 72.9 Å². The fourth-order valence-electron chi connectivity index (χ4n) is 7.05. The van der Waals surface area contributed by atoms with Crippen molar-refractivity contribution in [3.63, 3.8) is 0 Å². The van der Waals surface area contributed by atoms with E-state index in [-0.39, 0.29) is 17.9 Å². The predicted octanol–water partition coefficient (Wildman–Crippen LogP) is 4.96. The number of amides is 2. The van der Waals surface area contributed by atoms with Crippen molar-refractivity contribution in [3.8, 4) is 11.4 Å². The third-order valence-corrected chi connectivity index (χ3v) is 9.58. The van der Waals surface area contributed by atoms with E-state index >= 15 is 0 Å². The summed E-state index contributed by atoms with van der Waals surface area (Å²) in [5.41, 5.74) is 13.8. The SMILES string of the molecule is CC(=O)N1CCC(c2cccc3cc(-c4nn5cc(C(=O)N6CCCC(N)C6)ccc5c4C)n(CC4CC4)c23)CC1. The maximum absolute atomic E-state index is 13.3.